The molecule has 1 fully saturated rings. The molecule has 1 aliphatic carbocycles. The van der Waals surface area contributed by atoms with Crippen LogP contribution in [0.3, 0.4) is 0 Å². The molecule has 2 rings (SSSR count). The Morgan fingerprint density at radius 1 is 1.50 bits per heavy atom. The number of aromatic nitrogens is 1. The highest BCUT2D eigenvalue weighted by molar-refractivity contribution is 6.31. The van der Waals surface area contributed by atoms with E-state index in [0.717, 1.165) is 23.1 Å². The maximum atomic E-state index is 6.18. The first-order valence-electron chi connectivity index (χ1n) is 6.09. The van der Waals surface area contributed by atoms with Crippen LogP contribution in [0, 0.1) is 5.92 Å². The van der Waals surface area contributed by atoms with Crippen LogP contribution in [-0.2, 0) is 0 Å². The molecular formula is C13H19ClN2. The fraction of sp³-hybridized carbons (Fsp3) is 0.615. The Hall–Kier alpha value is -0.600. The van der Waals surface area contributed by atoms with Crippen LogP contribution < -0.4 is 5.32 Å². The van der Waals surface area contributed by atoms with Crippen molar-refractivity contribution in [3.8, 4) is 0 Å². The summed E-state index contributed by atoms with van der Waals surface area (Å²) in [5.41, 5.74) is 0.999. The van der Waals surface area contributed by atoms with Crippen LogP contribution in [0.15, 0.2) is 18.3 Å². The standard InChI is InChI=1S/C13H19ClN2/c1-15-12(9-10-5-2-3-6-10)13-11(14)7-4-8-16-13/h4,7-8,10,12,15H,2-3,5-6,9H2,1H3. The SMILES string of the molecule is CNC(CC1CCCC1)c1ncccc1Cl. The van der Waals surface area contributed by atoms with Gasteiger partial charge < -0.3 is 5.32 Å². The van der Waals surface area contributed by atoms with Gasteiger partial charge in [-0.1, -0.05) is 37.3 Å². The Balaban J connectivity index is 2.06. The molecule has 0 amide bonds. The molecule has 1 aromatic rings. The molecule has 0 aliphatic heterocycles. The molecule has 1 N–H and O–H groups in total. The summed E-state index contributed by atoms with van der Waals surface area (Å²) in [6, 6.07) is 4.11. The molecule has 1 atom stereocenters. The average Bonchev–Trinajstić information content (AvgIpc) is 2.80. The first-order chi connectivity index (χ1) is 7.81. The molecule has 1 heterocycles. The Kier molecular flexibility index (Phi) is 4.19. The number of hydrogen-bond acceptors (Lipinski definition) is 2. The largest absolute Gasteiger partial charge is 0.312 e. The zero-order valence-electron chi connectivity index (χ0n) is 9.75. The van der Waals surface area contributed by atoms with E-state index < -0.39 is 0 Å². The van der Waals surface area contributed by atoms with E-state index in [0.29, 0.717) is 6.04 Å². The molecule has 1 saturated carbocycles. The third kappa shape index (κ3) is 2.74. The van der Waals surface area contributed by atoms with Gasteiger partial charge in [0.2, 0.25) is 0 Å². The van der Waals surface area contributed by atoms with Gasteiger partial charge in [-0.15, -0.1) is 0 Å². The molecule has 3 heteroatoms. The topological polar surface area (TPSA) is 24.9 Å². The maximum absolute atomic E-state index is 6.18. The molecule has 0 spiro atoms. The lowest BCUT2D eigenvalue weighted by atomic mass is 9.96. The van der Waals surface area contributed by atoms with Crippen molar-refractivity contribution in [2.75, 3.05) is 7.05 Å². The van der Waals surface area contributed by atoms with Crippen molar-refractivity contribution in [3.63, 3.8) is 0 Å². The first kappa shape index (κ1) is 11.9. The molecular weight excluding hydrogens is 220 g/mol. The number of rotatable bonds is 4. The summed E-state index contributed by atoms with van der Waals surface area (Å²) in [5, 5.41) is 4.12. The Bertz CT molecular complexity index is 334. The van der Waals surface area contributed by atoms with Crippen molar-refractivity contribution in [2.24, 2.45) is 5.92 Å². The summed E-state index contributed by atoms with van der Waals surface area (Å²) in [4.78, 5) is 4.40. The average molecular weight is 239 g/mol. The van der Waals surface area contributed by atoms with Gasteiger partial charge in [-0.05, 0) is 31.5 Å². The molecule has 16 heavy (non-hydrogen) atoms. The third-order valence-corrected chi connectivity index (χ3v) is 3.83. The summed E-state index contributed by atoms with van der Waals surface area (Å²) in [7, 11) is 1.99. The van der Waals surface area contributed by atoms with Gasteiger partial charge in [0.05, 0.1) is 16.8 Å². The predicted molar refractivity (Wildman–Crippen MR) is 67.6 cm³/mol. The summed E-state index contributed by atoms with van der Waals surface area (Å²) < 4.78 is 0. The van der Waals surface area contributed by atoms with Gasteiger partial charge in [-0.2, -0.15) is 0 Å². The molecule has 0 radical (unpaired) electrons. The molecule has 2 nitrogen and oxygen atoms in total. The van der Waals surface area contributed by atoms with Crippen LogP contribution in [0.1, 0.15) is 43.8 Å². The number of pyridine rings is 1. The van der Waals surface area contributed by atoms with E-state index in [4.69, 9.17) is 11.6 Å². The smallest absolute Gasteiger partial charge is 0.0758 e. The second kappa shape index (κ2) is 5.65. The van der Waals surface area contributed by atoms with Crippen molar-refractivity contribution in [2.45, 2.75) is 38.1 Å². The Labute approximate surface area is 102 Å². The second-order valence-corrected chi connectivity index (χ2v) is 5.01. The van der Waals surface area contributed by atoms with Crippen molar-refractivity contribution < 1.29 is 0 Å². The van der Waals surface area contributed by atoms with Crippen LogP contribution in [0.5, 0.6) is 0 Å². The van der Waals surface area contributed by atoms with Crippen LogP contribution >= 0.6 is 11.6 Å². The maximum Gasteiger partial charge on any atom is 0.0758 e. The second-order valence-electron chi connectivity index (χ2n) is 4.60. The van der Waals surface area contributed by atoms with E-state index in [9.17, 15) is 0 Å². The molecule has 1 unspecified atom stereocenters. The van der Waals surface area contributed by atoms with Crippen LogP contribution in [0.4, 0.5) is 0 Å². The fourth-order valence-corrected chi connectivity index (χ4v) is 2.85. The molecule has 0 aromatic carbocycles. The van der Waals surface area contributed by atoms with Crippen molar-refractivity contribution in [1.82, 2.24) is 10.3 Å². The molecule has 0 bridgehead atoms. The normalized spacial score (nSPS) is 18.9. The van der Waals surface area contributed by atoms with Gasteiger partial charge >= 0.3 is 0 Å². The van der Waals surface area contributed by atoms with Crippen molar-refractivity contribution in [3.05, 3.63) is 29.0 Å². The molecule has 1 aromatic heterocycles. The summed E-state index contributed by atoms with van der Waals surface area (Å²) in [6.07, 6.45) is 8.48. The molecule has 88 valence electrons. The quantitative estimate of drug-likeness (QED) is 0.868. The van der Waals surface area contributed by atoms with E-state index in [1.54, 1.807) is 0 Å². The van der Waals surface area contributed by atoms with Crippen molar-refractivity contribution >= 4 is 11.6 Å². The van der Waals surface area contributed by atoms with Crippen LogP contribution in [0.25, 0.3) is 0 Å². The lowest BCUT2D eigenvalue weighted by Gasteiger charge is -2.20. The Morgan fingerprint density at radius 3 is 2.88 bits per heavy atom. The lowest BCUT2D eigenvalue weighted by Crippen LogP contribution is -2.20. The Morgan fingerprint density at radius 2 is 2.25 bits per heavy atom. The van der Waals surface area contributed by atoms with Gasteiger partial charge in [0, 0.05) is 6.20 Å². The number of nitrogens with zero attached hydrogens (tertiary/aromatic N) is 1. The van der Waals surface area contributed by atoms with Gasteiger partial charge in [0.1, 0.15) is 0 Å². The molecule has 1 aliphatic rings. The lowest BCUT2D eigenvalue weighted by molar-refractivity contribution is 0.408. The zero-order chi connectivity index (χ0) is 11.4. The van der Waals surface area contributed by atoms with Gasteiger partial charge in [0.15, 0.2) is 0 Å². The minimum atomic E-state index is 0.303. The fourth-order valence-electron chi connectivity index (χ4n) is 2.60. The van der Waals surface area contributed by atoms with Crippen molar-refractivity contribution in [1.29, 1.82) is 0 Å². The first-order valence-corrected chi connectivity index (χ1v) is 6.46. The van der Waals surface area contributed by atoms with E-state index in [1.165, 1.54) is 25.7 Å². The zero-order valence-corrected chi connectivity index (χ0v) is 10.5. The predicted octanol–water partition coefficient (Wildman–Crippen LogP) is 3.58. The summed E-state index contributed by atoms with van der Waals surface area (Å²) in [6.45, 7) is 0. The highest BCUT2D eigenvalue weighted by Crippen LogP contribution is 2.33. The van der Waals surface area contributed by atoms with Gasteiger partial charge in [0.25, 0.3) is 0 Å². The minimum Gasteiger partial charge on any atom is -0.312 e. The van der Waals surface area contributed by atoms with Crippen LogP contribution in [0.2, 0.25) is 5.02 Å². The van der Waals surface area contributed by atoms with Crippen LogP contribution in [-0.4, -0.2) is 12.0 Å². The van der Waals surface area contributed by atoms with E-state index >= 15 is 0 Å². The summed E-state index contributed by atoms with van der Waals surface area (Å²) >= 11 is 6.18. The number of hydrogen-bond donors (Lipinski definition) is 1. The summed E-state index contributed by atoms with van der Waals surface area (Å²) in [5.74, 6) is 0.843. The van der Waals surface area contributed by atoms with E-state index in [2.05, 4.69) is 10.3 Å². The number of halogens is 1. The highest BCUT2D eigenvalue weighted by Gasteiger charge is 2.22. The molecule has 0 saturated heterocycles. The van der Waals surface area contributed by atoms with Gasteiger partial charge in [-0.3, -0.25) is 4.98 Å². The monoisotopic (exact) mass is 238 g/mol. The minimum absolute atomic E-state index is 0.303. The third-order valence-electron chi connectivity index (χ3n) is 3.51. The van der Waals surface area contributed by atoms with E-state index in [1.807, 2.05) is 25.4 Å². The number of nitrogens with one attached hydrogen (secondary N) is 1. The highest BCUT2D eigenvalue weighted by atomic mass is 35.5. The van der Waals surface area contributed by atoms with Gasteiger partial charge in [-0.25, -0.2) is 0 Å². The van der Waals surface area contributed by atoms with E-state index in [-0.39, 0.29) is 0 Å².